The number of phenols is 3. The summed E-state index contributed by atoms with van der Waals surface area (Å²) in [6, 6.07) is 2.77. The Morgan fingerprint density at radius 2 is 1.83 bits per heavy atom. The molecule has 0 fully saturated rings. The number of aryl methyl sites for hydroxylation is 1. The second-order valence-electron chi connectivity index (χ2n) is 4.12. The number of phenolic OH excluding ortho intramolecular Hbond substituents is 3. The molecule has 0 bridgehead atoms. The van der Waals surface area contributed by atoms with Crippen molar-refractivity contribution in [2.24, 2.45) is 0 Å². The molecule has 0 spiro atoms. The van der Waals surface area contributed by atoms with Crippen LogP contribution in [0.1, 0.15) is 18.9 Å². The van der Waals surface area contributed by atoms with Gasteiger partial charge in [0.15, 0.2) is 17.2 Å². The number of carbonyl (C=O) groups excluding carboxylic acids is 1. The van der Waals surface area contributed by atoms with Crippen LogP contribution in [0.15, 0.2) is 24.3 Å². The van der Waals surface area contributed by atoms with E-state index in [-0.39, 0.29) is 17.4 Å². The Morgan fingerprint density at radius 3 is 2.33 bits per heavy atom. The first kappa shape index (κ1) is 13.9. The second-order valence-corrected chi connectivity index (χ2v) is 4.12. The highest BCUT2D eigenvalue weighted by Gasteiger charge is 2.08. The van der Waals surface area contributed by atoms with Gasteiger partial charge in [-0.2, -0.15) is 0 Å². The van der Waals surface area contributed by atoms with E-state index < -0.39 is 5.75 Å². The maximum absolute atomic E-state index is 11.2. The highest BCUT2D eigenvalue weighted by molar-refractivity contribution is 5.91. The SMILES string of the molecule is C=C(C)C(=O)NCCCc1cc(O)c(O)c(O)c1. The average molecular weight is 251 g/mol. The quantitative estimate of drug-likeness (QED) is 0.362. The van der Waals surface area contributed by atoms with Crippen LogP contribution in [0.25, 0.3) is 0 Å². The summed E-state index contributed by atoms with van der Waals surface area (Å²) in [5, 5.41) is 30.5. The molecule has 0 aliphatic rings. The fourth-order valence-electron chi connectivity index (χ4n) is 1.45. The van der Waals surface area contributed by atoms with E-state index in [2.05, 4.69) is 11.9 Å². The van der Waals surface area contributed by atoms with Crippen LogP contribution in [0.2, 0.25) is 0 Å². The Morgan fingerprint density at radius 1 is 1.28 bits per heavy atom. The molecule has 1 rings (SSSR count). The Hall–Kier alpha value is -2.17. The molecule has 0 saturated heterocycles. The lowest BCUT2D eigenvalue weighted by Crippen LogP contribution is -2.24. The lowest BCUT2D eigenvalue weighted by molar-refractivity contribution is -0.117. The second kappa shape index (κ2) is 5.95. The maximum atomic E-state index is 11.2. The molecule has 0 aromatic heterocycles. The van der Waals surface area contributed by atoms with Crippen molar-refractivity contribution in [3.05, 3.63) is 29.8 Å². The van der Waals surface area contributed by atoms with Crippen molar-refractivity contribution >= 4 is 5.91 Å². The van der Waals surface area contributed by atoms with E-state index in [1.54, 1.807) is 6.92 Å². The third-order valence-electron chi connectivity index (χ3n) is 2.44. The summed E-state index contributed by atoms with van der Waals surface area (Å²) in [7, 11) is 0. The van der Waals surface area contributed by atoms with Crippen LogP contribution < -0.4 is 5.32 Å². The van der Waals surface area contributed by atoms with Crippen molar-refractivity contribution in [3.8, 4) is 17.2 Å². The summed E-state index contributed by atoms with van der Waals surface area (Å²) in [6.07, 6.45) is 1.22. The molecule has 0 heterocycles. The minimum Gasteiger partial charge on any atom is -0.504 e. The number of carbonyl (C=O) groups is 1. The molecular weight excluding hydrogens is 234 g/mol. The van der Waals surface area contributed by atoms with Gasteiger partial charge in [-0.05, 0) is 37.5 Å². The molecule has 0 atom stereocenters. The number of hydrogen-bond donors (Lipinski definition) is 4. The van der Waals surface area contributed by atoms with Crippen LogP contribution >= 0.6 is 0 Å². The molecule has 1 amide bonds. The van der Waals surface area contributed by atoms with Gasteiger partial charge in [-0.3, -0.25) is 4.79 Å². The normalized spacial score (nSPS) is 10.1. The smallest absolute Gasteiger partial charge is 0.246 e. The Kier molecular flexibility index (Phi) is 4.59. The number of aromatic hydroxyl groups is 3. The molecule has 0 aliphatic carbocycles. The van der Waals surface area contributed by atoms with Crippen LogP contribution in [-0.4, -0.2) is 27.8 Å². The predicted molar refractivity (Wildman–Crippen MR) is 67.6 cm³/mol. The van der Waals surface area contributed by atoms with Gasteiger partial charge >= 0.3 is 0 Å². The molecule has 4 N–H and O–H groups in total. The molecule has 98 valence electrons. The summed E-state index contributed by atoms with van der Waals surface area (Å²) in [5.74, 6) is -1.41. The molecule has 18 heavy (non-hydrogen) atoms. The molecule has 0 aliphatic heterocycles. The lowest BCUT2D eigenvalue weighted by Gasteiger charge is -2.07. The lowest BCUT2D eigenvalue weighted by atomic mass is 10.1. The van der Waals surface area contributed by atoms with E-state index >= 15 is 0 Å². The summed E-state index contributed by atoms with van der Waals surface area (Å²) >= 11 is 0. The van der Waals surface area contributed by atoms with E-state index in [4.69, 9.17) is 5.11 Å². The van der Waals surface area contributed by atoms with Crippen LogP contribution in [0, 0.1) is 0 Å². The third kappa shape index (κ3) is 3.69. The summed E-state index contributed by atoms with van der Waals surface area (Å²) in [4.78, 5) is 11.2. The number of rotatable bonds is 5. The Balaban J connectivity index is 2.45. The largest absolute Gasteiger partial charge is 0.504 e. The van der Waals surface area contributed by atoms with Gasteiger partial charge in [0.1, 0.15) is 0 Å². The number of nitrogens with one attached hydrogen (secondary N) is 1. The summed E-state index contributed by atoms with van der Waals surface area (Å²) < 4.78 is 0. The monoisotopic (exact) mass is 251 g/mol. The minimum absolute atomic E-state index is 0.189. The van der Waals surface area contributed by atoms with Crippen molar-refractivity contribution in [1.82, 2.24) is 5.32 Å². The van der Waals surface area contributed by atoms with Gasteiger partial charge in [-0.15, -0.1) is 0 Å². The van der Waals surface area contributed by atoms with Gasteiger partial charge in [-0.1, -0.05) is 6.58 Å². The van der Waals surface area contributed by atoms with E-state index in [0.29, 0.717) is 30.5 Å². The highest BCUT2D eigenvalue weighted by Crippen LogP contribution is 2.35. The topological polar surface area (TPSA) is 89.8 Å². The van der Waals surface area contributed by atoms with E-state index in [1.165, 1.54) is 12.1 Å². The van der Waals surface area contributed by atoms with E-state index in [1.807, 2.05) is 0 Å². The minimum atomic E-state index is -0.519. The first-order valence-corrected chi connectivity index (χ1v) is 5.59. The fraction of sp³-hybridized carbons (Fsp3) is 0.308. The van der Waals surface area contributed by atoms with Crippen LogP contribution in [0.3, 0.4) is 0 Å². The van der Waals surface area contributed by atoms with Crippen LogP contribution in [-0.2, 0) is 11.2 Å². The van der Waals surface area contributed by atoms with Gasteiger partial charge in [0, 0.05) is 12.1 Å². The maximum Gasteiger partial charge on any atom is 0.246 e. The fourth-order valence-corrected chi connectivity index (χ4v) is 1.45. The van der Waals surface area contributed by atoms with E-state index in [9.17, 15) is 15.0 Å². The van der Waals surface area contributed by atoms with Gasteiger partial charge in [0.2, 0.25) is 5.91 Å². The van der Waals surface area contributed by atoms with Crippen LogP contribution in [0.5, 0.6) is 17.2 Å². The van der Waals surface area contributed by atoms with Crippen molar-refractivity contribution < 1.29 is 20.1 Å². The molecule has 5 heteroatoms. The molecule has 0 radical (unpaired) electrons. The van der Waals surface area contributed by atoms with Crippen molar-refractivity contribution in [3.63, 3.8) is 0 Å². The zero-order chi connectivity index (χ0) is 13.7. The van der Waals surface area contributed by atoms with Crippen LogP contribution in [0.4, 0.5) is 0 Å². The van der Waals surface area contributed by atoms with Gasteiger partial charge in [0.05, 0.1) is 0 Å². The average Bonchev–Trinajstić information content (AvgIpc) is 2.31. The molecule has 0 unspecified atom stereocenters. The van der Waals surface area contributed by atoms with Gasteiger partial charge in [0.25, 0.3) is 0 Å². The molecular formula is C13H17NO4. The Bertz CT molecular complexity index is 445. The standard InChI is InChI=1S/C13H17NO4/c1-8(2)13(18)14-5-3-4-9-6-10(15)12(17)11(16)7-9/h6-7,15-17H,1,3-5H2,2H3,(H,14,18). The van der Waals surface area contributed by atoms with Crippen molar-refractivity contribution in [1.29, 1.82) is 0 Å². The molecule has 5 nitrogen and oxygen atoms in total. The third-order valence-corrected chi connectivity index (χ3v) is 2.44. The predicted octanol–water partition coefficient (Wildman–Crippen LogP) is 1.43. The molecule has 1 aromatic rings. The number of benzene rings is 1. The molecule has 1 aromatic carbocycles. The number of amides is 1. The van der Waals surface area contributed by atoms with Gasteiger partial charge in [-0.25, -0.2) is 0 Å². The van der Waals surface area contributed by atoms with Crippen molar-refractivity contribution in [2.75, 3.05) is 6.54 Å². The van der Waals surface area contributed by atoms with E-state index in [0.717, 1.165) is 0 Å². The Labute approximate surface area is 105 Å². The first-order chi connectivity index (χ1) is 8.41. The highest BCUT2D eigenvalue weighted by atomic mass is 16.3. The summed E-state index contributed by atoms with van der Waals surface area (Å²) in [6.45, 7) is 5.63. The zero-order valence-corrected chi connectivity index (χ0v) is 10.2. The number of hydrogen-bond acceptors (Lipinski definition) is 4. The first-order valence-electron chi connectivity index (χ1n) is 5.59. The van der Waals surface area contributed by atoms with Crippen molar-refractivity contribution in [2.45, 2.75) is 19.8 Å². The zero-order valence-electron chi connectivity index (χ0n) is 10.2. The van der Waals surface area contributed by atoms with Gasteiger partial charge < -0.3 is 20.6 Å². The summed E-state index contributed by atoms with van der Waals surface area (Å²) in [5.41, 5.74) is 1.14. The molecule has 0 saturated carbocycles.